The number of rotatable bonds is 6. The Morgan fingerprint density at radius 2 is 2.16 bits per heavy atom. The van der Waals surface area contributed by atoms with Gasteiger partial charge in [0.1, 0.15) is 0 Å². The molecule has 0 spiro atoms. The molecule has 2 rings (SSSR count). The lowest BCUT2D eigenvalue weighted by Gasteiger charge is -2.05. The van der Waals surface area contributed by atoms with Crippen LogP contribution in [0.5, 0.6) is 0 Å². The fraction of sp³-hybridized carbons (Fsp3) is 0.357. The van der Waals surface area contributed by atoms with Crippen LogP contribution in [-0.2, 0) is 13.1 Å². The molecule has 19 heavy (non-hydrogen) atoms. The van der Waals surface area contributed by atoms with Crippen LogP contribution >= 0.6 is 23.2 Å². The van der Waals surface area contributed by atoms with Crippen LogP contribution in [0.2, 0.25) is 10.0 Å². The van der Waals surface area contributed by atoms with Crippen LogP contribution in [0.1, 0.15) is 24.5 Å². The molecule has 0 saturated heterocycles. The molecule has 5 heteroatoms. The average molecular weight is 298 g/mol. The van der Waals surface area contributed by atoms with Crippen LogP contribution < -0.4 is 5.32 Å². The molecule has 0 unspecified atom stereocenters. The van der Waals surface area contributed by atoms with Crippen molar-refractivity contribution in [3.8, 4) is 0 Å². The molecule has 0 saturated carbocycles. The Morgan fingerprint density at radius 1 is 1.32 bits per heavy atom. The van der Waals surface area contributed by atoms with Gasteiger partial charge in [0.15, 0.2) is 0 Å². The molecule has 0 fully saturated rings. The molecule has 0 radical (unpaired) electrons. The standard InChI is InChI=1S/C14H17Cl2N3/c1-2-5-17-7-11-8-18-19(9-11)10-12-6-13(15)3-4-14(12)16/h3-4,6,8-9,17H,2,5,7,10H2,1H3. The van der Waals surface area contributed by atoms with Gasteiger partial charge in [-0.25, -0.2) is 0 Å². The second kappa shape index (κ2) is 6.94. The van der Waals surface area contributed by atoms with Gasteiger partial charge in [0, 0.05) is 28.4 Å². The molecule has 0 amide bonds. The fourth-order valence-corrected chi connectivity index (χ4v) is 2.20. The number of hydrogen-bond acceptors (Lipinski definition) is 2. The number of aromatic nitrogens is 2. The van der Waals surface area contributed by atoms with E-state index in [2.05, 4.69) is 17.3 Å². The van der Waals surface area contributed by atoms with Crippen LogP contribution in [-0.4, -0.2) is 16.3 Å². The summed E-state index contributed by atoms with van der Waals surface area (Å²) in [6.07, 6.45) is 5.03. The highest BCUT2D eigenvalue weighted by Crippen LogP contribution is 2.21. The van der Waals surface area contributed by atoms with Crippen molar-refractivity contribution >= 4 is 23.2 Å². The topological polar surface area (TPSA) is 29.9 Å². The smallest absolute Gasteiger partial charge is 0.0674 e. The van der Waals surface area contributed by atoms with Crippen molar-refractivity contribution in [3.63, 3.8) is 0 Å². The number of nitrogens with one attached hydrogen (secondary N) is 1. The Labute approximate surface area is 123 Å². The highest BCUT2D eigenvalue weighted by atomic mass is 35.5. The van der Waals surface area contributed by atoms with Crippen molar-refractivity contribution in [2.24, 2.45) is 0 Å². The molecule has 0 aliphatic carbocycles. The third-order valence-electron chi connectivity index (χ3n) is 2.78. The van der Waals surface area contributed by atoms with Gasteiger partial charge < -0.3 is 5.32 Å². The van der Waals surface area contributed by atoms with Gasteiger partial charge in [0.2, 0.25) is 0 Å². The minimum atomic E-state index is 0.632. The number of nitrogens with zero attached hydrogens (tertiary/aromatic N) is 2. The van der Waals surface area contributed by atoms with Crippen molar-refractivity contribution in [2.75, 3.05) is 6.54 Å². The normalized spacial score (nSPS) is 10.9. The van der Waals surface area contributed by atoms with Crippen molar-refractivity contribution < 1.29 is 0 Å². The Hall–Kier alpha value is -1.03. The van der Waals surface area contributed by atoms with Crippen LogP contribution in [0.25, 0.3) is 0 Å². The molecule has 0 atom stereocenters. The molecule has 2 aromatic rings. The van der Waals surface area contributed by atoms with E-state index in [1.165, 1.54) is 5.56 Å². The molecule has 0 bridgehead atoms. The quantitative estimate of drug-likeness (QED) is 0.823. The van der Waals surface area contributed by atoms with Gasteiger partial charge in [-0.3, -0.25) is 4.68 Å². The lowest BCUT2D eigenvalue weighted by molar-refractivity contribution is 0.668. The van der Waals surface area contributed by atoms with Crippen molar-refractivity contribution in [2.45, 2.75) is 26.4 Å². The largest absolute Gasteiger partial charge is 0.313 e. The number of benzene rings is 1. The monoisotopic (exact) mass is 297 g/mol. The summed E-state index contributed by atoms with van der Waals surface area (Å²) in [6.45, 7) is 4.65. The van der Waals surface area contributed by atoms with Crippen molar-refractivity contribution in [3.05, 3.63) is 51.8 Å². The summed E-state index contributed by atoms with van der Waals surface area (Å²) < 4.78 is 1.88. The summed E-state index contributed by atoms with van der Waals surface area (Å²) in [4.78, 5) is 0. The first-order valence-electron chi connectivity index (χ1n) is 6.35. The lowest BCUT2D eigenvalue weighted by atomic mass is 10.2. The van der Waals surface area contributed by atoms with Crippen molar-refractivity contribution in [1.82, 2.24) is 15.1 Å². The zero-order valence-corrected chi connectivity index (χ0v) is 12.4. The maximum absolute atomic E-state index is 6.14. The van der Waals surface area contributed by atoms with Crippen molar-refractivity contribution in [1.29, 1.82) is 0 Å². The van der Waals surface area contributed by atoms with Crippen LogP contribution in [0.4, 0.5) is 0 Å². The van der Waals surface area contributed by atoms with Gasteiger partial charge >= 0.3 is 0 Å². The molecule has 1 N–H and O–H groups in total. The molecular formula is C14H17Cl2N3. The Balaban J connectivity index is 2.01. The van der Waals surface area contributed by atoms with E-state index in [0.717, 1.165) is 25.1 Å². The van der Waals surface area contributed by atoms with E-state index in [-0.39, 0.29) is 0 Å². The maximum atomic E-state index is 6.14. The Morgan fingerprint density at radius 3 is 2.95 bits per heavy atom. The summed E-state index contributed by atoms with van der Waals surface area (Å²) in [6, 6.07) is 5.48. The van der Waals surface area contributed by atoms with E-state index in [4.69, 9.17) is 23.2 Å². The zero-order chi connectivity index (χ0) is 13.7. The first kappa shape index (κ1) is 14.4. The minimum Gasteiger partial charge on any atom is -0.313 e. The van der Waals surface area contributed by atoms with Gasteiger partial charge in [-0.1, -0.05) is 30.1 Å². The van der Waals surface area contributed by atoms with Gasteiger partial charge in [0.05, 0.1) is 12.7 Å². The predicted octanol–water partition coefficient (Wildman–Crippen LogP) is 3.74. The second-order valence-corrected chi connectivity index (χ2v) is 5.30. The van der Waals surface area contributed by atoms with Crippen LogP contribution in [0, 0.1) is 0 Å². The summed E-state index contributed by atoms with van der Waals surface area (Å²) in [7, 11) is 0. The molecule has 102 valence electrons. The number of halogens is 2. The lowest BCUT2D eigenvalue weighted by Crippen LogP contribution is -2.13. The summed E-state index contributed by atoms with van der Waals surface area (Å²) in [5.41, 5.74) is 2.15. The van der Waals surface area contributed by atoms with E-state index < -0.39 is 0 Å². The SMILES string of the molecule is CCCNCc1cnn(Cc2cc(Cl)ccc2Cl)c1. The Bertz CT molecular complexity index is 537. The molecule has 3 nitrogen and oxygen atoms in total. The zero-order valence-electron chi connectivity index (χ0n) is 10.9. The Kier molecular flexibility index (Phi) is 5.25. The van der Waals surface area contributed by atoms with E-state index >= 15 is 0 Å². The van der Waals surface area contributed by atoms with E-state index in [0.29, 0.717) is 16.6 Å². The van der Waals surface area contributed by atoms with Gasteiger partial charge in [-0.2, -0.15) is 5.10 Å². The van der Waals surface area contributed by atoms with Gasteiger partial charge in [0.25, 0.3) is 0 Å². The molecule has 1 heterocycles. The first-order chi connectivity index (χ1) is 9.19. The third-order valence-corrected chi connectivity index (χ3v) is 3.39. The molecular weight excluding hydrogens is 281 g/mol. The predicted molar refractivity (Wildman–Crippen MR) is 79.8 cm³/mol. The van der Waals surface area contributed by atoms with Gasteiger partial charge in [-0.05, 0) is 36.7 Å². The van der Waals surface area contributed by atoms with E-state index in [1.807, 2.05) is 29.2 Å². The van der Waals surface area contributed by atoms with E-state index in [9.17, 15) is 0 Å². The van der Waals surface area contributed by atoms with Crippen LogP contribution in [0.3, 0.4) is 0 Å². The molecule has 0 aliphatic rings. The van der Waals surface area contributed by atoms with E-state index in [1.54, 1.807) is 6.07 Å². The fourth-order valence-electron chi connectivity index (χ4n) is 1.83. The summed E-state index contributed by atoms with van der Waals surface area (Å²) >= 11 is 12.1. The summed E-state index contributed by atoms with van der Waals surface area (Å²) in [5.74, 6) is 0. The van der Waals surface area contributed by atoms with Crippen LogP contribution in [0.15, 0.2) is 30.6 Å². The minimum absolute atomic E-state index is 0.632. The molecule has 1 aromatic carbocycles. The molecule has 1 aromatic heterocycles. The number of hydrogen-bond donors (Lipinski definition) is 1. The van der Waals surface area contributed by atoms with Gasteiger partial charge in [-0.15, -0.1) is 0 Å². The second-order valence-electron chi connectivity index (χ2n) is 4.46. The highest BCUT2D eigenvalue weighted by Gasteiger charge is 2.04. The average Bonchev–Trinajstić information content (AvgIpc) is 2.82. The third kappa shape index (κ3) is 4.23. The first-order valence-corrected chi connectivity index (χ1v) is 7.10. The maximum Gasteiger partial charge on any atom is 0.0674 e. The summed E-state index contributed by atoms with van der Waals surface area (Å²) in [5, 5.41) is 9.09. The molecule has 0 aliphatic heterocycles. The highest BCUT2D eigenvalue weighted by molar-refractivity contribution is 6.33.